The van der Waals surface area contributed by atoms with Crippen molar-refractivity contribution in [3.05, 3.63) is 41.2 Å². The molecule has 1 aliphatic heterocycles. The van der Waals surface area contributed by atoms with Crippen molar-refractivity contribution in [2.24, 2.45) is 0 Å². The Morgan fingerprint density at radius 1 is 1.30 bits per heavy atom. The van der Waals surface area contributed by atoms with Crippen molar-refractivity contribution in [2.75, 3.05) is 5.73 Å². The first-order valence-electron chi connectivity index (χ1n) is 7.31. The van der Waals surface area contributed by atoms with Crippen molar-refractivity contribution in [1.82, 2.24) is 9.78 Å². The fourth-order valence-corrected chi connectivity index (χ4v) is 4.20. The molecule has 0 saturated heterocycles. The van der Waals surface area contributed by atoms with Crippen LogP contribution in [0.25, 0.3) is 0 Å². The van der Waals surface area contributed by atoms with E-state index < -0.39 is 0 Å². The zero-order valence-corrected chi connectivity index (χ0v) is 12.9. The highest BCUT2D eigenvalue weighted by Gasteiger charge is 2.24. The van der Waals surface area contributed by atoms with E-state index in [2.05, 4.69) is 42.8 Å². The van der Waals surface area contributed by atoms with Crippen LogP contribution in [0.2, 0.25) is 0 Å². The minimum absolute atomic E-state index is 0.571. The highest BCUT2D eigenvalue weighted by molar-refractivity contribution is 8.00. The first-order valence-corrected chi connectivity index (χ1v) is 8.19. The van der Waals surface area contributed by atoms with E-state index in [1.54, 1.807) is 0 Å². The highest BCUT2D eigenvalue weighted by atomic mass is 32.2. The Balaban J connectivity index is 1.80. The molecule has 106 valence electrons. The average Bonchev–Trinajstić information content (AvgIpc) is 2.99. The van der Waals surface area contributed by atoms with Gasteiger partial charge in [0.15, 0.2) is 0 Å². The smallest absolute Gasteiger partial charge is 0.0854 e. The Labute approximate surface area is 124 Å². The molecule has 0 bridgehead atoms. The summed E-state index contributed by atoms with van der Waals surface area (Å²) in [5.74, 6) is 0. The number of rotatable bonds is 4. The summed E-state index contributed by atoms with van der Waals surface area (Å²) in [4.78, 5) is 1.42. The average molecular weight is 287 g/mol. The molecule has 2 heterocycles. The maximum atomic E-state index is 6.19. The van der Waals surface area contributed by atoms with Crippen molar-refractivity contribution in [2.45, 2.75) is 49.8 Å². The summed E-state index contributed by atoms with van der Waals surface area (Å²) < 4.78 is 2.14. The van der Waals surface area contributed by atoms with E-state index in [0.29, 0.717) is 5.25 Å². The van der Waals surface area contributed by atoms with Gasteiger partial charge >= 0.3 is 0 Å². The predicted molar refractivity (Wildman–Crippen MR) is 85.2 cm³/mol. The zero-order valence-electron chi connectivity index (χ0n) is 12.1. The maximum absolute atomic E-state index is 6.19. The van der Waals surface area contributed by atoms with E-state index in [0.717, 1.165) is 37.2 Å². The minimum atomic E-state index is 0.571. The van der Waals surface area contributed by atoms with Crippen LogP contribution in [0.1, 0.15) is 30.8 Å². The molecule has 3 rings (SSSR count). The molecule has 0 fully saturated rings. The van der Waals surface area contributed by atoms with Crippen LogP contribution in [0.5, 0.6) is 0 Å². The van der Waals surface area contributed by atoms with Crippen LogP contribution in [0.4, 0.5) is 5.69 Å². The van der Waals surface area contributed by atoms with E-state index in [4.69, 9.17) is 10.8 Å². The quantitative estimate of drug-likeness (QED) is 0.938. The molecule has 1 aromatic heterocycles. The van der Waals surface area contributed by atoms with Crippen molar-refractivity contribution < 1.29 is 0 Å². The van der Waals surface area contributed by atoms with Crippen LogP contribution in [0.3, 0.4) is 0 Å². The standard InChI is InChI=1S/C16H21N3S/c1-3-13-16(17)14(4-2)19(18-13)10-12-9-11-7-5-6-8-15(11)20-12/h5-8,12H,3-4,9-10,17H2,1-2H3. The lowest BCUT2D eigenvalue weighted by Crippen LogP contribution is -2.16. The van der Waals surface area contributed by atoms with E-state index in [1.807, 2.05) is 11.8 Å². The Morgan fingerprint density at radius 2 is 2.10 bits per heavy atom. The van der Waals surface area contributed by atoms with Crippen LogP contribution in [-0.2, 0) is 25.8 Å². The van der Waals surface area contributed by atoms with Crippen LogP contribution >= 0.6 is 11.8 Å². The maximum Gasteiger partial charge on any atom is 0.0854 e. The van der Waals surface area contributed by atoms with Gasteiger partial charge in [0.1, 0.15) is 0 Å². The Kier molecular flexibility index (Phi) is 3.74. The van der Waals surface area contributed by atoms with Crippen molar-refractivity contribution >= 4 is 17.4 Å². The molecule has 0 radical (unpaired) electrons. The fourth-order valence-electron chi connectivity index (χ4n) is 2.90. The van der Waals surface area contributed by atoms with E-state index >= 15 is 0 Å². The third-order valence-corrected chi connectivity index (χ3v) is 5.24. The number of anilines is 1. The van der Waals surface area contributed by atoms with Gasteiger partial charge in [0.25, 0.3) is 0 Å². The number of nitrogen functional groups attached to an aromatic ring is 1. The molecule has 1 aromatic carbocycles. The van der Waals surface area contributed by atoms with Gasteiger partial charge in [-0.2, -0.15) is 5.10 Å². The third-order valence-electron chi connectivity index (χ3n) is 3.93. The molecule has 0 aliphatic carbocycles. The normalized spacial score (nSPS) is 17.4. The number of thioether (sulfide) groups is 1. The van der Waals surface area contributed by atoms with Crippen LogP contribution in [0.15, 0.2) is 29.2 Å². The second kappa shape index (κ2) is 5.52. The van der Waals surface area contributed by atoms with E-state index in [-0.39, 0.29) is 0 Å². The van der Waals surface area contributed by atoms with Gasteiger partial charge in [0, 0.05) is 10.1 Å². The van der Waals surface area contributed by atoms with Crippen molar-refractivity contribution in [3.8, 4) is 0 Å². The topological polar surface area (TPSA) is 43.8 Å². The number of aryl methyl sites for hydroxylation is 1. The summed E-state index contributed by atoms with van der Waals surface area (Å²) in [6.07, 6.45) is 2.98. The lowest BCUT2D eigenvalue weighted by atomic mass is 10.1. The van der Waals surface area contributed by atoms with Gasteiger partial charge in [-0.05, 0) is 30.9 Å². The summed E-state index contributed by atoms with van der Waals surface area (Å²) in [5, 5.41) is 5.27. The molecular weight excluding hydrogens is 266 g/mol. The molecule has 2 aromatic rings. The number of nitrogens with zero attached hydrogens (tertiary/aromatic N) is 2. The molecule has 3 nitrogen and oxygen atoms in total. The number of benzene rings is 1. The number of hydrogen-bond acceptors (Lipinski definition) is 3. The molecule has 4 heteroatoms. The number of fused-ring (bicyclic) bond motifs is 1. The first kappa shape index (κ1) is 13.6. The minimum Gasteiger partial charge on any atom is -0.396 e. The van der Waals surface area contributed by atoms with Gasteiger partial charge in [-0.15, -0.1) is 11.8 Å². The predicted octanol–water partition coefficient (Wildman–Crippen LogP) is 3.31. The molecule has 0 saturated carbocycles. The Hall–Kier alpha value is -1.42. The van der Waals surface area contributed by atoms with Crippen LogP contribution < -0.4 is 5.73 Å². The summed E-state index contributed by atoms with van der Waals surface area (Å²) in [5.41, 5.74) is 10.8. The van der Waals surface area contributed by atoms with Gasteiger partial charge in [0.05, 0.1) is 23.6 Å². The van der Waals surface area contributed by atoms with Crippen molar-refractivity contribution in [3.63, 3.8) is 0 Å². The molecular formula is C16H21N3S. The third kappa shape index (κ3) is 2.33. The van der Waals surface area contributed by atoms with Crippen molar-refractivity contribution in [1.29, 1.82) is 0 Å². The Morgan fingerprint density at radius 3 is 2.80 bits per heavy atom. The number of nitrogens with two attached hydrogens (primary N) is 1. The molecule has 0 amide bonds. The second-order valence-corrected chi connectivity index (χ2v) is 6.59. The summed E-state index contributed by atoms with van der Waals surface area (Å²) in [6.45, 7) is 5.22. The largest absolute Gasteiger partial charge is 0.396 e. The van der Waals surface area contributed by atoms with E-state index in [1.165, 1.54) is 16.2 Å². The zero-order chi connectivity index (χ0) is 14.1. The monoisotopic (exact) mass is 287 g/mol. The van der Waals surface area contributed by atoms with Gasteiger partial charge in [0.2, 0.25) is 0 Å². The van der Waals surface area contributed by atoms with Crippen LogP contribution in [-0.4, -0.2) is 15.0 Å². The molecule has 1 unspecified atom stereocenters. The summed E-state index contributed by atoms with van der Waals surface area (Å²) >= 11 is 1.97. The SMILES string of the molecule is CCc1nn(CC2Cc3ccccc3S2)c(CC)c1N. The molecule has 1 aliphatic rings. The number of hydrogen-bond donors (Lipinski definition) is 1. The summed E-state index contributed by atoms with van der Waals surface area (Å²) in [7, 11) is 0. The molecule has 20 heavy (non-hydrogen) atoms. The second-order valence-electron chi connectivity index (χ2n) is 5.25. The fraction of sp³-hybridized carbons (Fsp3) is 0.438. The summed E-state index contributed by atoms with van der Waals surface area (Å²) in [6, 6.07) is 8.70. The molecule has 2 N–H and O–H groups in total. The molecule has 1 atom stereocenters. The van der Waals surface area contributed by atoms with Gasteiger partial charge in [-0.1, -0.05) is 32.0 Å². The van der Waals surface area contributed by atoms with Crippen LogP contribution in [0, 0.1) is 0 Å². The first-order chi connectivity index (χ1) is 9.72. The molecule has 0 spiro atoms. The number of aromatic nitrogens is 2. The lowest BCUT2D eigenvalue weighted by molar-refractivity contribution is 0.566. The van der Waals surface area contributed by atoms with E-state index in [9.17, 15) is 0 Å². The highest BCUT2D eigenvalue weighted by Crippen LogP contribution is 2.37. The van der Waals surface area contributed by atoms with Gasteiger partial charge < -0.3 is 5.73 Å². The van der Waals surface area contributed by atoms with Gasteiger partial charge in [-0.25, -0.2) is 0 Å². The lowest BCUT2D eigenvalue weighted by Gasteiger charge is -2.11. The Bertz CT molecular complexity index is 593. The van der Waals surface area contributed by atoms with Gasteiger partial charge in [-0.3, -0.25) is 4.68 Å².